The van der Waals surface area contributed by atoms with Gasteiger partial charge in [0.05, 0.1) is 13.2 Å². The topological polar surface area (TPSA) is 50.8 Å². The third-order valence-corrected chi connectivity index (χ3v) is 4.70. The van der Waals surface area contributed by atoms with Gasteiger partial charge in [-0.15, -0.1) is 0 Å². The average Bonchev–Trinajstić information content (AvgIpc) is 2.73. The normalized spacial score (nSPS) is 15.9. The smallest absolute Gasteiger partial charge is 0.260 e. The van der Waals surface area contributed by atoms with Crippen molar-refractivity contribution >= 4 is 5.91 Å². The van der Waals surface area contributed by atoms with E-state index in [1.54, 1.807) is 6.92 Å². The number of carbonyl (C=O) groups is 1. The lowest BCUT2D eigenvalue weighted by molar-refractivity contribution is -0.127. The summed E-state index contributed by atoms with van der Waals surface area (Å²) >= 11 is 0. The van der Waals surface area contributed by atoms with Gasteiger partial charge in [0, 0.05) is 19.6 Å². The van der Waals surface area contributed by atoms with Crippen LogP contribution in [0.2, 0.25) is 0 Å². The van der Waals surface area contributed by atoms with E-state index in [9.17, 15) is 4.79 Å². The van der Waals surface area contributed by atoms with Gasteiger partial charge < -0.3 is 14.8 Å². The Balaban J connectivity index is 1.40. The van der Waals surface area contributed by atoms with E-state index in [0.29, 0.717) is 12.3 Å². The Labute approximate surface area is 161 Å². The Morgan fingerprint density at radius 1 is 1.07 bits per heavy atom. The molecule has 144 valence electrons. The highest BCUT2D eigenvalue weighted by Crippen LogP contribution is 2.22. The van der Waals surface area contributed by atoms with E-state index in [1.165, 1.54) is 0 Å². The molecule has 1 saturated heterocycles. The zero-order chi connectivity index (χ0) is 18.9. The first kappa shape index (κ1) is 19.4. The number of benzene rings is 2. The Morgan fingerprint density at radius 3 is 2.44 bits per heavy atom. The molecule has 5 heteroatoms. The molecular formula is C22H28N2O3. The summed E-state index contributed by atoms with van der Waals surface area (Å²) in [6.07, 6.45) is 0.417. The fourth-order valence-corrected chi connectivity index (χ4v) is 3.10. The Hall–Kier alpha value is -2.37. The summed E-state index contributed by atoms with van der Waals surface area (Å²) in [7, 11) is 0. The van der Waals surface area contributed by atoms with Crippen molar-refractivity contribution in [3.63, 3.8) is 0 Å². The summed E-state index contributed by atoms with van der Waals surface area (Å²) in [5, 5.41) is 2.96. The molecule has 0 saturated carbocycles. The molecule has 1 amide bonds. The summed E-state index contributed by atoms with van der Waals surface area (Å²) < 4.78 is 11.1. The van der Waals surface area contributed by atoms with Crippen LogP contribution in [0.5, 0.6) is 5.75 Å². The number of hydrogen-bond acceptors (Lipinski definition) is 4. The van der Waals surface area contributed by atoms with E-state index >= 15 is 0 Å². The van der Waals surface area contributed by atoms with Crippen molar-refractivity contribution in [3.8, 4) is 16.9 Å². The van der Waals surface area contributed by atoms with Gasteiger partial charge in [-0.3, -0.25) is 9.69 Å². The summed E-state index contributed by atoms with van der Waals surface area (Å²) in [5.41, 5.74) is 2.29. The van der Waals surface area contributed by atoms with Gasteiger partial charge in [-0.1, -0.05) is 42.5 Å². The predicted octanol–water partition coefficient (Wildman–Crippen LogP) is 2.96. The van der Waals surface area contributed by atoms with Crippen molar-refractivity contribution in [2.45, 2.75) is 19.4 Å². The molecule has 1 aliphatic heterocycles. The maximum absolute atomic E-state index is 12.2. The Bertz CT molecular complexity index is 697. The molecule has 2 aromatic carbocycles. The van der Waals surface area contributed by atoms with E-state index < -0.39 is 6.10 Å². The summed E-state index contributed by atoms with van der Waals surface area (Å²) in [6, 6.07) is 18.0. The van der Waals surface area contributed by atoms with Gasteiger partial charge in [0.15, 0.2) is 6.10 Å². The van der Waals surface area contributed by atoms with Gasteiger partial charge >= 0.3 is 0 Å². The lowest BCUT2D eigenvalue weighted by Crippen LogP contribution is -2.40. The van der Waals surface area contributed by atoms with E-state index in [0.717, 1.165) is 50.4 Å². The monoisotopic (exact) mass is 368 g/mol. The largest absolute Gasteiger partial charge is 0.481 e. The van der Waals surface area contributed by atoms with Gasteiger partial charge in [-0.25, -0.2) is 0 Å². The molecular weight excluding hydrogens is 340 g/mol. The summed E-state index contributed by atoms with van der Waals surface area (Å²) in [4.78, 5) is 14.6. The van der Waals surface area contributed by atoms with E-state index in [4.69, 9.17) is 9.47 Å². The number of carbonyl (C=O) groups excluding carboxylic acids is 1. The molecule has 0 spiro atoms. The number of nitrogens with zero attached hydrogens (tertiary/aromatic N) is 1. The Kier molecular flexibility index (Phi) is 7.25. The minimum Gasteiger partial charge on any atom is -0.481 e. The second kappa shape index (κ2) is 10.1. The van der Waals surface area contributed by atoms with Gasteiger partial charge in [0.1, 0.15) is 5.75 Å². The van der Waals surface area contributed by atoms with Crippen LogP contribution in [0.4, 0.5) is 0 Å². The molecule has 2 aromatic rings. The molecule has 3 rings (SSSR count). The van der Waals surface area contributed by atoms with Crippen LogP contribution >= 0.6 is 0 Å². The molecule has 0 aliphatic carbocycles. The molecule has 0 bridgehead atoms. The third kappa shape index (κ3) is 6.08. The van der Waals surface area contributed by atoms with Crippen molar-refractivity contribution in [1.29, 1.82) is 0 Å². The van der Waals surface area contributed by atoms with Crippen molar-refractivity contribution in [2.75, 3.05) is 39.4 Å². The molecule has 0 aromatic heterocycles. The molecule has 1 heterocycles. The highest BCUT2D eigenvalue weighted by atomic mass is 16.5. The van der Waals surface area contributed by atoms with Gasteiger partial charge in [-0.2, -0.15) is 0 Å². The second-order valence-electron chi connectivity index (χ2n) is 6.75. The van der Waals surface area contributed by atoms with E-state index in [1.807, 2.05) is 42.5 Å². The quantitative estimate of drug-likeness (QED) is 0.728. The SMILES string of the molecule is CC(Oc1ccc(-c2ccccc2)cc1)C(=O)NCCCN1CCOCC1. The average molecular weight is 368 g/mol. The van der Waals surface area contributed by atoms with Crippen LogP contribution in [0.1, 0.15) is 13.3 Å². The summed E-state index contributed by atoms with van der Waals surface area (Å²) in [5.74, 6) is 0.620. The fraction of sp³-hybridized carbons (Fsp3) is 0.409. The second-order valence-corrected chi connectivity index (χ2v) is 6.75. The van der Waals surface area contributed by atoms with E-state index in [-0.39, 0.29) is 5.91 Å². The zero-order valence-corrected chi connectivity index (χ0v) is 15.9. The van der Waals surface area contributed by atoms with Gasteiger partial charge in [-0.05, 0) is 43.1 Å². The third-order valence-electron chi connectivity index (χ3n) is 4.70. The van der Waals surface area contributed by atoms with Crippen molar-refractivity contribution in [3.05, 3.63) is 54.6 Å². The van der Waals surface area contributed by atoms with Crippen molar-refractivity contribution in [1.82, 2.24) is 10.2 Å². The standard InChI is InChI=1S/C22H28N2O3/c1-18(22(25)23-12-5-13-24-14-16-26-17-15-24)27-21-10-8-20(9-11-21)19-6-3-2-4-7-19/h2-4,6-11,18H,5,12-17H2,1H3,(H,23,25). The fourth-order valence-electron chi connectivity index (χ4n) is 3.10. The minimum atomic E-state index is -0.518. The van der Waals surface area contributed by atoms with Gasteiger partial charge in [0.2, 0.25) is 0 Å². The van der Waals surface area contributed by atoms with Crippen LogP contribution in [0.3, 0.4) is 0 Å². The van der Waals surface area contributed by atoms with Crippen LogP contribution in [0.15, 0.2) is 54.6 Å². The first-order valence-electron chi connectivity index (χ1n) is 9.62. The molecule has 27 heavy (non-hydrogen) atoms. The first-order chi connectivity index (χ1) is 13.2. The maximum Gasteiger partial charge on any atom is 0.260 e. The highest BCUT2D eigenvalue weighted by molar-refractivity contribution is 5.80. The minimum absolute atomic E-state index is 0.0795. The molecule has 0 radical (unpaired) electrons. The molecule has 1 atom stereocenters. The van der Waals surface area contributed by atoms with Crippen molar-refractivity contribution < 1.29 is 14.3 Å². The molecule has 5 nitrogen and oxygen atoms in total. The number of rotatable bonds is 8. The van der Waals surface area contributed by atoms with Gasteiger partial charge in [0.25, 0.3) is 5.91 Å². The van der Waals surface area contributed by atoms with Crippen molar-refractivity contribution in [2.24, 2.45) is 0 Å². The number of nitrogens with one attached hydrogen (secondary N) is 1. The number of amides is 1. The first-order valence-corrected chi connectivity index (χ1v) is 9.62. The lowest BCUT2D eigenvalue weighted by Gasteiger charge is -2.26. The Morgan fingerprint density at radius 2 is 1.74 bits per heavy atom. The van der Waals surface area contributed by atoms with Crippen LogP contribution in [0.25, 0.3) is 11.1 Å². The number of ether oxygens (including phenoxy) is 2. The predicted molar refractivity (Wildman–Crippen MR) is 107 cm³/mol. The number of morpholine rings is 1. The summed E-state index contributed by atoms with van der Waals surface area (Å²) in [6.45, 7) is 7.00. The zero-order valence-electron chi connectivity index (χ0n) is 15.9. The lowest BCUT2D eigenvalue weighted by atomic mass is 10.1. The van der Waals surface area contributed by atoms with E-state index in [2.05, 4.69) is 22.3 Å². The van der Waals surface area contributed by atoms with Crippen LogP contribution < -0.4 is 10.1 Å². The highest BCUT2D eigenvalue weighted by Gasteiger charge is 2.15. The molecule has 1 unspecified atom stereocenters. The number of hydrogen-bond donors (Lipinski definition) is 1. The molecule has 1 aliphatic rings. The molecule has 1 N–H and O–H groups in total. The van der Waals surface area contributed by atoms with Crippen LogP contribution in [0, 0.1) is 0 Å². The van der Waals surface area contributed by atoms with Crippen LogP contribution in [-0.4, -0.2) is 56.3 Å². The maximum atomic E-state index is 12.2. The molecule has 1 fully saturated rings. The van der Waals surface area contributed by atoms with Crippen LogP contribution in [-0.2, 0) is 9.53 Å².